The van der Waals surface area contributed by atoms with Crippen LogP contribution in [0.25, 0.3) is 0 Å². The van der Waals surface area contributed by atoms with Crippen molar-refractivity contribution in [1.29, 1.82) is 0 Å². The van der Waals surface area contributed by atoms with Crippen LogP contribution in [0, 0.1) is 0 Å². The first-order valence-electron chi connectivity index (χ1n) is 6.80. The monoisotopic (exact) mass is 246 g/mol. The topological polar surface area (TPSA) is 55.1 Å². The lowest BCUT2D eigenvalue weighted by molar-refractivity contribution is -0.118. The third-order valence-electron chi connectivity index (χ3n) is 3.67. The van der Waals surface area contributed by atoms with Gasteiger partial charge in [-0.3, -0.25) is 4.79 Å². The number of amides is 1. The Morgan fingerprint density at radius 2 is 2.11 bits per heavy atom. The van der Waals surface area contributed by atoms with Gasteiger partial charge in [-0.25, -0.2) is 0 Å². The number of nitrogens with one attached hydrogen (secondary N) is 1. The van der Waals surface area contributed by atoms with Crippen molar-refractivity contribution in [3.05, 3.63) is 29.8 Å². The molecule has 1 aliphatic rings. The molecular weight excluding hydrogens is 224 g/mol. The molecule has 0 unspecified atom stereocenters. The van der Waals surface area contributed by atoms with E-state index in [-0.39, 0.29) is 11.4 Å². The number of hydrogen-bond donors (Lipinski definition) is 2. The maximum absolute atomic E-state index is 12.0. The number of para-hydroxylation sites is 1. The van der Waals surface area contributed by atoms with Crippen LogP contribution in [-0.4, -0.2) is 11.4 Å². The largest absolute Gasteiger partial charge is 0.326 e. The van der Waals surface area contributed by atoms with Crippen molar-refractivity contribution in [2.24, 2.45) is 5.73 Å². The lowest BCUT2D eigenvalue weighted by atomic mass is 9.75. The number of carbonyl (C=O) groups is 1. The highest BCUT2D eigenvalue weighted by Crippen LogP contribution is 2.32. The summed E-state index contributed by atoms with van der Waals surface area (Å²) in [5.74, 6) is 0.0424. The van der Waals surface area contributed by atoms with Crippen LogP contribution in [0.1, 0.15) is 44.6 Å². The van der Waals surface area contributed by atoms with Gasteiger partial charge in [-0.15, -0.1) is 0 Å². The van der Waals surface area contributed by atoms with Crippen molar-refractivity contribution in [3.8, 4) is 0 Å². The molecule has 1 amide bonds. The van der Waals surface area contributed by atoms with Gasteiger partial charge in [0.25, 0.3) is 0 Å². The molecule has 1 fully saturated rings. The molecule has 3 N–H and O–H groups in total. The molecule has 2 rings (SSSR count). The predicted octanol–water partition coefficient (Wildman–Crippen LogP) is 2.85. The average molecular weight is 246 g/mol. The van der Waals surface area contributed by atoms with E-state index in [2.05, 4.69) is 18.3 Å². The van der Waals surface area contributed by atoms with Crippen LogP contribution >= 0.6 is 0 Å². The van der Waals surface area contributed by atoms with Crippen molar-refractivity contribution in [1.82, 2.24) is 0 Å². The Kier molecular flexibility index (Phi) is 4.02. The van der Waals surface area contributed by atoms with Crippen LogP contribution in [0.15, 0.2) is 24.3 Å². The van der Waals surface area contributed by atoms with Crippen molar-refractivity contribution in [2.75, 3.05) is 5.32 Å². The number of hydrogen-bond acceptors (Lipinski definition) is 2. The number of aryl methyl sites for hydroxylation is 1. The smallest absolute Gasteiger partial charge is 0.226 e. The molecule has 3 heteroatoms. The molecule has 0 aliphatic heterocycles. The lowest BCUT2D eigenvalue weighted by Crippen LogP contribution is -2.48. The summed E-state index contributed by atoms with van der Waals surface area (Å²) in [7, 11) is 0. The minimum Gasteiger partial charge on any atom is -0.326 e. The van der Waals surface area contributed by atoms with E-state index in [1.807, 2.05) is 18.2 Å². The second kappa shape index (κ2) is 5.53. The molecule has 3 nitrogen and oxygen atoms in total. The first-order valence-corrected chi connectivity index (χ1v) is 6.80. The quantitative estimate of drug-likeness (QED) is 0.839. The van der Waals surface area contributed by atoms with E-state index in [0.717, 1.165) is 37.8 Å². The molecule has 0 spiro atoms. The van der Waals surface area contributed by atoms with E-state index in [4.69, 9.17) is 5.73 Å². The zero-order valence-electron chi connectivity index (χ0n) is 11.0. The summed E-state index contributed by atoms with van der Waals surface area (Å²) in [6, 6.07) is 8.00. The highest BCUT2D eigenvalue weighted by molar-refractivity contribution is 5.92. The normalized spacial score (nSPS) is 17.0. The van der Waals surface area contributed by atoms with Gasteiger partial charge in [-0.1, -0.05) is 31.5 Å². The second-order valence-electron chi connectivity index (χ2n) is 5.35. The Hall–Kier alpha value is -1.35. The molecular formula is C15H22N2O. The Labute approximate surface area is 109 Å². The first kappa shape index (κ1) is 13.1. The standard InChI is InChI=1S/C15H22N2O/c1-2-6-12-7-3-4-8-13(12)17-14(18)11-15(16)9-5-10-15/h3-4,7-8H,2,5-6,9-11,16H2,1H3,(H,17,18). The van der Waals surface area contributed by atoms with Gasteiger partial charge in [-0.2, -0.15) is 0 Å². The highest BCUT2D eigenvalue weighted by atomic mass is 16.1. The third kappa shape index (κ3) is 3.10. The van der Waals surface area contributed by atoms with Crippen LogP contribution in [0.4, 0.5) is 5.69 Å². The van der Waals surface area contributed by atoms with Crippen molar-refractivity contribution >= 4 is 11.6 Å². The zero-order valence-corrected chi connectivity index (χ0v) is 11.0. The number of rotatable bonds is 5. The molecule has 1 aromatic rings. The van der Waals surface area contributed by atoms with E-state index in [9.17, 15) is 4.79 Å². The molecule has 1 aromatic carbocycles. The lowest BCUT2D eigenvalue weighted by Gasteiger charge is -2.37. The van der Waals surface area contributed by atoms with Crippen LogP contribution in [0.3, 0.4) is 0 Å². The first-order chi connectivity index (χ1) is 8.63. The van der Waals surface area contributed by atoms with Crippen LogP contribution in [0.5, 0.6) is 0 Å². The zero-order chi connectivity index (χ0) is 13.0. The van der Waals surface area contributed by atoms with E-state index >= 15 is 0 Å². The van der Waals surface area contributed by atoms with E-state index < -0.39 is 0 Å². The van der Waals surface area contributed by atoms with Gasteiger partial charge in [0, 0.05) is 17.6 Å². The predicted molar refractivity (Wildman–Crippen MR) is 74.5 cm³/mol. The van der Waals surface area contributed by atoms with Crippen LogP contribution in [0.2, 0.25) is 0 Å². The Bertz CT molecular complexity index is 424. The Balaban J connectivity index is 1.97. The summed E-state index contributed by atoms with van der Waals surface area (Å²) >= 11 is 0. The Morgan fingerprint density at radius 3 is 2.72 bits per heavy atom. The summed E-state index contributed by atoms with van der Waals surface area (Å²) < 4.78 is 0. The molecule has 0 aromatic heterocycles. The SMILES string of the molecule is CCCc1ccccc1NC(=O)CC1(N)CCC1. The highest BCUT2D eigenvalue weighted by Gasteiger charge is 2.34. The fraction of sp³-hybridized carbons (Fsp3) is 0.533. The van der Waals surface area contributed by atoms with Crippen LogP contribution < -0.4 is 11.1 Å². The maximum atomic E-state index is 12.0. The number of anilines is 1. The van der Waals surface area contributed by atoms with Crippen molar-refractivity contribution in [2.45, 2.75) is 51.0 Å². The summed E-state index contributed by atoms with van der Waals surface area (Å²) in [5.41, 5.74) is 7.99. The molecule has 0 saturated heterocycles. The average Bonchev–Trinajstić information content (AvgIpc) is 2.30. The molecule has 1 saturated carbocycles. The molecule has 0 bridgehead atoms. The summed E-state index contributed by atoms with van der Waals surface area (Å²) in [4.78, 5) is 12.0. The van der Waals surface area contributed by atoms with E-state index in [1.54, 1.807) is 0 Å². The summed E-state index contributed by atoms with van der Waals surface area (Å²) in [6.07, 6.45) is 5.59. The van der Waals surface area contributed by atoms with Gasteiger partial charge in [-0.05, 0) is 37.3 Å². The number of nitrogens with two attached hydrogens (primary N) is 1. The minimum absolute atomic E-state index is 0.0424. The maximum Gasteiger partial charge on any atom is 0.226 e. The van der Waals surface area contributed by atoms with Gasteiger partial charge < -0.3 is 11.1 Å². The fourth-order valence-electron chi connectivity index (χ4n) is 2.45. The molecule has 0 radical (unpaired) electrons. The molecule has 1 aliphatic carbocycles. The van der Waals surface area contributed by atoms with Gasteiger partial charge in [0.15, 0.2) is 0 Å². The minimum atomic E-state index is -0.246. The number of benzene rings is 1. The summed E-state index contributed by atoms with van der Waals surface area (Å²) in [5, 5.41) is 3.00. The Morgan fingerprint density at radius 1 is 1.39 bits per heavy atom. The van der Waals surface area contributed by atoms with Gasteiger partial charge in [0.1, 0.15) is 0 Å². The van der Waals surface area contributed by atoms with Gasteiger partial charge in [0.2, 0.25) is 5.91 Å². The fourth-order valence-corrected chi connectivity index (χ4v) is 2.45. The summed E-state index contributed by atoms with van der Waals surface area (Å²) in [6.45, 7) is 2.14. The van der Waals surface area contributed by atoms with E-state index in [0.29, 0.717) is 6.42 Å². The van der Waals surface area contributed by atoms with Gasteiger partial charge in [0.05, 0.1) is 0 Å². The molecule has 98 valence electrons. The van der Waals surface area contributed by atoms with Crippen molar-refractivity contribution < 1.29 is 4.79 Å². The molecule has 0 atom stereocenters. The van der Waals surface area contributed by atoms with Crippen LogP contribution in [-0.2, 0) is 11.2 Å². The van der Waals surface area contributed by atoms with Crippen molar-refractivity contribution in [3.63, 3.8) is 0 Å². The molecule has 0 heterocycles. The third-order valence-corrected chi connectivity index (χ3v) is 3.67. The number of carbonyl (C=O) groups excluding carboxylic acids is 1. The second-order valence-corrected chi connectivity index (χ2v) is 5.35. The molecule has 18 heavy (non-hydrogen) atoms. The van der Waals surface area contributed by atoms with E-state index in [1.165, 1.54) is 5.56 Å². The van der Waals surface area contributed by atoms with Gasteiger partial charge >= 0.3 is 0 Å².